The predicted octanol–water partition coefficient (Wildman–Crippen LogP) is 3.47. The van der Waals surface area contributed by atoms with E-state index in [2.05, 4.69) is 10.3 Å². The van der Waals surface area contributed by atoms with Crippen molar-refractivity contribution in [1.82, 2.24) is 0 Å². The molecule has 5 heteroatoms. The Kier molecular flexibility index (Phi) is 3.75. The van der Waals surface area contributed by atoms with Crippen LogP contribution in [0.1, 0.15) is 5.56 Å². The van der Waals surface area contributed by atoms with Crippen LogP contribution in [0.2, 0.25) is 0 Å². The van der Waals surface area contributed by atoms with Gasteiger partial charge in [-0.2, -0.15) is 4.99 Å². The minimum absolute atomic E-state index is 0.199. The van der Waals surface area contributed by atoms with Crippen molar-refractivity contribution in [2.45, 2.75) is 0 Å². The molecule has 0 aliphatic carbocycles. The number of carbonyl (C=O) groups is 1. The number of hydrogen-bond acceptors (Lipinski definition) is 4. The molecule has 0 spiro atoms. The summed E-state index contributed by atoms with van der Waals surface area (Å²) < 4.78 is 0. The van der Waals surface area contributed by atoms with Crippen LogP contribution in [0.25, 0.3) is 6.08 Å². The largest absolute Gasteiger partial charge is 0.508 e. The van der Waals surface area contributed by atoms with Crippen LogP contribution in [-0.2, 0) is 4.79 Å². The number of para-hydroxylation sites is 1. The van der Waals surface area contributed by atoms with Gasteiger partial charge in [0.05, 0.1) is 4.91 Å². The molecule has 0 saturated heterocycles. The van der Waals surface area contributed by atoms with Gasteiger partial charge in [-0.05, 0) is 47.7 Å². The summed E-state index contributed by atoms with van der Waals surface area (Å²) in [5.41, 5.74) is 1.74. The lowest BCUT2D eigenvalue weighted by Crippen LogP contribution is -2.04. The number of phenols is 1. The molecule has 4 nitrogen and oxygen atoms in total. The zero-order valence-corrected chi connectivity index (χ0v) is 11.8. The maximum atomic E-state index is 11.9. The maximum absolute atomic E-state index is 11.9. The molecule has 1 aliphatic heterocycles. The number of thioether (sulfide) groups is 1. The lowest BCUT2D eigenvalue weighted by molar-refractivity contribution is -0.113. The number of amidine groups is 1. The summed E-state index contributed by atoms with van der Waals surface area (Å²) in [4.78, 5) is 16.4. The number of anilines is 1. The molecular weight excluding hydrogens is 284 g/mol. The fourth-order valence-corrected chi connectivity index (χ4v) is 2.66. The Morgan fingerprint density at radius 1 is 1.05 bits per heavy atom. The standard InChI is InChI=1S/C16H12N2O2S/c19-13-8-6-11(7-9-13)10-14-15(20)18-16(21-14)17-12-4-2-1-3-5-12/h1-10,19H,(H,17,18,20). The summed E-state index contributed by atoms with van der Waals surface area (Å²) in [7, 11) is 0. The summed E-state index contributed by atoms with van der Waals surface area (Å²) in [6.45, 7) is 0. The van der Waals surface area contributed by atoms with E-state index in [0.717, 1.165) is 11.3 Å². The van der Waals surface area contributed by atoms with Gasteiger partial charge in [0.15, 0.2) is 5.17 Å². The first-order chi connectivity index (χ1) is 10.2. The molecule has 21 heavy (non-hydrogen) atoms. The van der Waals surface area contributed by atoms with Gasteiger partial charge in [0.1, 0.15) is 5.75 Å². The van der Waals surface area contributed by atoms with E-state index in [1.807, 2.05) is 30.3 Å². The monoisotopic (exact) mass is 296 g/mol. The van der Waals surface area contributed by atoms with Crippen LogP contribution in [0.4, 0.5) is 5.69 Å². The average Bonchev–Trinajstić information content (AvgIpc) is 2.82. The molecule has 0 unspecified atom stereocenters. The minimum atomic E-state index is -0.258. The highest BCUT2D eigenvalue weighted by Gasteiger charge is 2.21. The van der Waals surface area contributed by atoms with Gasteiger partial charge >= 0.3 is 0 Å². The second-order valence-electron chi connectivity index (χ2n) is 4.42. The van der Waals surface area contributed by atoms with E-state index in [0.29, 0.717) is 10.1 Å². The topological polar surface area (TPSA) is 61.7 Å². The summed E-state index contributed by atoms with van der Waals surface area (Å²) in [6.07, 6.45) is 1.76. The van der Waals surface area contributed by atoms with Crippen LogP contribution in [0.5, 0.6) is 5.75 Å². The molecule has 2 N–H and O–H groups in total. The zero-order valence-electron chi connectivity index (χ0n) is 11.0. The molecule has 0 saturated carbocycles. The number of nitrogens with one attached hydrogen (secondary N) is 1. The number of hydrogen-bond donors (Lipinski definition) is 2. The number of carbonyl (C=O) groups excluding carboxylic acids is 1. The van der Waals surface area contributed by atoms with Crippen LogP contribution < -0.4 is 5.32 Å². The second-order valence-corrected chi connectivity index (χ2v) is 5.45. The fourth-order valence-electron chi connectivity index (χ4n) is 1.83. The lowest BCUT2D eigenvalue weighted by Gasteiger charge is -2.03. The number of phenolic OH excluding ortho intramolecular Hbond substituents is 1. The van der Waals surface area contributed by atoms with Crippen LogP contribution in [0.15, 0.2) is 64.5 Å². The van der Waals surface area contributed by atoms with Crippen molar-refractivity contribution >= 4 is 34.6 Å². The molecule has 2 aromatic carbocycles. The zero-order chi connectivity index (χ0) is 14.7. The SMILES string of the molecule is O=C1N=C(Nc2ccccc2)SC1=Cc1ccc(O)cc1. The van der Waals surface area contributed by atoms with Crippen LogP contribution in [0.3, 0.4) is 0 Å². The van der Waals surface area contributed by atoms with E-state index in [1.54, 1.807) is 30.3 Å². The normalized spacial score (nSPS) is 16.1. The van der Waals surface area contributed by atoms with Crippen molar-refractivity contribution in [1.29, 1.82) is 0 Å². The van der Waals surface area contributed by atoms with Crippen molar-refractivity contribution in [2.24, 2.45) is 4.99 Å². The van der Waals surface area contributed by atoms with Crippen molar-refractivity contribution in [3.63, 3.8) is 0 Å². The van der Waals surface area contributed by atoms with E-state index in [-0.39, 0.29) is 11.7 Å². The molecule has 0 fully saturated rings. The van der Waals surface area contributed by atoms with Gasteiger partial charge in [-0.3, -0.25) is 4.79 Å². The summed E-state index contributed by atoms with van der Waals surface area (Å²) in [6, 6.07) is 16.2. The van der Waals surface area contributed by atoms with E-state index in [1.165, 1.54) is 11.8 Å². The number of rotatable bonds is 2. The van der Waals surface area contributed by atoms with Crippen molar-refractivity contribution < 1.29 is 9.90 Å². The Bertz CT molecular complexity index is 722. The number of aromatic hydroxyl groups is 1. The Morgan fingerprint density at radius 2 is 1.76 bits per heavy atom. The van der Waals surface area contributed by atoms with E-state index >= 15 is 0 Å². The van der Waals surface area contributed by atoms with E-state index in [4.69, 9.17) is 0 Å². The molecule has 0 aromatic heterocycles. The smallest absolute Gasteiger partial charge is 0.286 e. The maximum Gasteiger partial charge on any atom is 0.286 e. The van der Waals surface area contributed by atoms with Crippen LogP contribution in [-0.4, -0.2) is 16.2 Å². The summed E-state index contributed by atoms with van der Waals surface area (Å²) in [5, 5.41) is 12.9. The van der Waals surface area contributed by atoms with Gasteiger partial charge in [0, 0.05) is 5.69 Å². The minimum Gasteiger partial charge on any atom is -0.508 e. The molecule has 104 valence electrons. The van der Waals surface area contributed by atoms with Crippen LogP contribution in [0, 0.1) is 0 Å². The van der Waals surface area contributed by atoms with E-state index in [9.17, 15) is 9.90 Å². The molecule has 0 bridgehead atoms. The first-order valence-electron chi connectivity index (χ1n) is 6.34. The fraction of sp³-hybridized carbons (Fsp3) is 0. The van der Waals surface area contributed by atoms with E-state index < -0.39 is 0 Å². The average molecular weight is 296 g/mol. The third-order valence-electron chi connectivity index (χ3n) is 2.84. The number of amides is 1. The summed E-state index contributed by atoms with van der Waals surface area (Å²) >= 11 is 1.30. The second kappa shape index (κ2) is 5.85. The molecular formula is C16H12N2O2S. The van der Waals surface area contributed by atoms with Gasteiger partial charge in [-0.1, -0.05) is 30.3 Å². The van der Waals surface area contributed by atoms with Gasteiger partial charge < -0.3 is 10.4 Å². The Morgan fingerprint density at radius 3 is 2.48 bits per heavy atom. The molecule has 2 aromatic rings. The molecule has 3 rings (SSSR count). The quantitative estimate of drug-likeness (QED) is 0.833. The first kappa shape index (κ1) is 13.5. The number of nitrogens with zero attached hydrogens (tertiary/aromatic N) is 1. The Hall–Kier alpha value is -2.53. The molecule has 1 heterocycles. The highest BCUT2D eigenvalue weighted by atomic mass is 32.2. The van der Waals surface area contributed by atoms with Crippen molar-refractivity contribution in [2.75, 3.05) is 5.32 Å². The van der Waals surface area contributed by atoms with Gasteiger partial charge in [-0.15, -0.1) is 0 Å². The van der Waals surface area contributed by atoms with Gasteiger partial charge in [0.25, 0.3) is 5.91 Å². The van der Waals surface area contributed by atoms with Crippen molar-refractivity contribution in [3.05, 3.63) is 65.1 Å². The first-order valence-corrected chi connectivity index (χ1v) is 7.16. The molecule has 1 amide bonds. The third-order valence-corrected chi connectivity index (χ3v) is 3.74. The van der Waals surface area contributed by atoms with Crippen molar-refractivity contribution in [3.8, 4) is 5.75 Å². The molecule has 0 radical (unpaired) electrons. The van der Waals surface area contributed by atoms with Gasteiger partial charge in [0.2, 0.25) is 0 Å². The number of aliphatic imine (C=N–C) groups is 1. The molecule has 0 atom stereocenters. The lowest BCUT2D eigenvalue weighted by atomic mass is 10.2. The van der Waals surface area contributed by atoms with Crippen LogP contribution >= 0.6 is 11.8 Å². The Balaban J connectivity index is 1.74. The predicted molar refractivity (Wildman–Crippen MR) is 86.2 cm³/mol. The highest BCUT2D eigenvalue weighted by molar-refractivity contribution is 8.18. The van der Waals surface area contributed by atoms with Gasteiger partial charge in [-0.25, -0.2) is 0 Å². The summed E-state index contributed by atoms with van der Waals surface area (Å²) in [5.74, 6) is -0.0586. The highest BCUT2D eigenvalue weighted by Crippen LogP contribution is 2.29. The molecule has 1 aliphatic rings. The third kappa shape index (κ3) is 3.32. The Labute approximate surface area is 126 Å². The number of benzene rings is 2.